The van der Waals surface area contributed by atoms with Crippen molar-refractivity contribution in [2.24, 2.45) is 0 Å². The molecule has 6 rings (SSSR count). The van der Waals surface area contributed by atoms with Crippen LogP contribution in [0.15, 0.2) is 85.1 Å². The Morgan fingerprint density at radius 2 is 1.62 bits per heavy atom. The number of rotatable bonds is 2. The van der Waals surface area contributed by atoms with Crippen LogP contribution in [0, 0.1) is 6.07 Å². The first-order valence-corrected chi connectivity index (χ1v) is 9.86. The molecule has 0 unspecified atom stereocenters. The van der Waals surface area contributed by atoms with Gasteiger partial charge >= 0.3 is 5.97 Å². The van der Waals surface area contributed by atoms with Crippen LogP contribution in [-0.4, -0.2) is 21.0 Å². The Morgan fingerprint density at radius 3 is 2.38 bits per heavy atom. The number of fused-ring (bicyclic) bond motifs is 1. The second kappa shape index (κ2) is 9.23. The van der Waals surface area contributed by atoms with Gasteiger partial charge in [-0.2, -0.15) is 0 Å². The summed E-state index contributed by atoms with van der Waals surface area (Å²) in [6.07, 6.45) is 5.78. The van der Waals surface area contributed by atoms with E-state index in [2.05, 4.69) is 77.8 Å². The van der Waals surface area contributed by atoms with Gasteiger partial charge in [0, 0.05) is 31.7 Å². The van der Waals surface area contributed by atoms with E-state index in [0.29, 0.717) is 0 Å². The van der Waals surface area contributed by atoms with Gasteiger partial charge in [0.05, 0.1) is 5.52 Å². The molecule has 2 aromatic heterocycles. The van der Waals surface area contributed by atoms with Gasteiger partial charge in [-0.05, 0) is 35.0 Å². The molecule has 1 aliphatic rings. The standard InChI is InChI=1S/C21H12N.C6H5NO2.Ir/c1-2-5-16-12-17(10-8-14(16)4-1)20-13-18-11-9-15-6-3-7-19(22-20)21(15)18;8-6(9)5-3-1-2-4-7-5;/h1-9,11-13H;1-4H,(H,8,9);/q-1;;. The van der Waals surface area contributed by atoms with Crippen molar-refractivity contribution in [1.29, 1.82) is 0 Å². The molecule has 0 saturated heterocycles. The Morgan fingerprint density at radius 1 is 0.844 bits per heavy atom. The minimum Gasteiger partial charge on any atom is -0.477 e. The molecule has 0 atom stereocenters. The summed E-state index contributed by atoms with van der Waals surface area (Å²) in [5.74, 6) is -0.990. The number of aromatic nitrogens is 2. The molecule has 1 radical (unpaired) electrons. The van der Waals surface area contributed by atoms with Crippen LogP contribution in [0.1, 0.15) is 21.6 Å². The normalized spacial score (nSPS) is 11.0. The summed E-state index contributed by atoms with van der Waals surface area (Å²) in [4.78, 5) is 18.6. The molecule has 0 amide bonds. The van der Waals surface area contributed by atoms with E-state index < -0.39 is 5.97 Å². The van der Waals surface area contributed by atoms with Crippen molar-refractivity contribution in [1.82, 2.24) is 9.97 Å². The van der Waals surface area contributed by atoms with Gasteiger partial charge in [-0.15, -0.1) is 29.1 Å². The SMILES string of the molecule is O=C(O)c1ccccn1.[Ir].[c-]1cc2ccccc2cc1-c1cc2c3c(cccc3n1)C=C2. The predicted octanol–water partition coefficient (Wildman–Crippen LogP) is 6.12. The Kier molecular flexibility index (Phi) is 6.22. The van der Waals surface area contributed by atoms with E-state index in [1.807, 2.05) is 6.07 Å². The zero-order valence-corrected chi connectivity index (χ0v) is 19.2. The van der Waals surface area contributed by atoms with Crippen LogP contribution >= 0.6 is 0 Å². The Bertz CT molecular complexity index is 1460. The number of hydrogen-bond acceptors (Lipinski definition) is 3. The van der Waals surface area contributed by atoms with Crippen LogP contribution in [0.3, 0.4) is 0 Å². The molecule has 0 spiro atoms. The van der Waals surface area contributed by atoms with E-state index in [-0.39, 0.29) is 25.8 Å². The molecule has 32 heavy (non-hydrogen) atoms. The third-order valence-corrected chi connectivity index (χ3v) is 5.18. The van der Waals surface area contributed by atoms with E-state index in [1.165, 1.54) is 39.5 Å². The van der Waals surface area contributed by atoms with Crippen molar-refractivity contribution >= 4 is 39.8 Å². The zero-order valence-electron chi connectivity index (χ0n) is 16.8. The molecule has 1 N–H and O–H groups in total. The molecular weight excluding hydrogens is 577 g/mol. The van der Waals surface area contributed by atoms with E-state index >= 15 is 0 Å². The van der Waals surface area contributed by atoms with Crippen molar-refractivity contribution in [3.05, 3.63) is 108 Å². The molecule has 0 saturated carbocycles. The van der Waals surface area contributed by atoms with Gasteiger partial charge in [0.1, 0.15) is 5.69 Å². The van der Waals surface area contributed by atoms with Crippen LogP contribution in [0.25, 0.3) is 45.1 Å². The number of aromatic carboxylic acids is 1. The van der Waals surface area contributed by atoms with Gasteiger partial charge < -0.3 is 5.11 Å². The number of pyridine rings is 2. The number of hydrogen-bond donors (Lipinski definition) is 1. The van der Waals surface area contributed by atoms with Crippen molar-refractivity contribution < 1.29 is 30.0 Å². The molecule has 5 heteroatoms. The second-order valence-corrected chi connectivity index (χ2v) is 7.17. The summed E-state index contributed by atoms with van der Waals surface area (Å²) in [5.41, 5.74) is 5.67. The largest absolute Gasteiger partial charge is 0.477 e. The van der Waals surface area contributed by atoms with Crippen LogP contribution in [0.2, 0.25) is 0 Å². The summed E-state index contributed by atoms with van der Waals surface area (Å²) >= 11 is 0. The van der Waals surface area contributed by atoms with Gasteiger partial charge in [-0.3, -0.25) is 4.98 Å². The van der Waals surface area contributed by atoms with Gasteiger partial charge in [-0.25, -0.2) is 9.78 Å². The number of nitrogens with zero attached hydrogens (tertiary/aromatic N) is 2. The minimum absolute atomic E-state index is 0. The molecule has 3 aromatic carbocycles. The van der Waals surface area contributed by atoms with E-state index in [0.717, 1.165) is 16.8 Å². The zero-order chi connectivity index (χ0) is 21.2. The summed E-state index contributed by atoms with van der Waals surface area (Å²) in [7, 11) is 0. The fourth-order valence-electron chi connectivity index (χ4n) is 3.70. The minimum atomic E-state index is -0.990. The molecule has 0 bridgehead atoms. The Hall–Kier alpha value is -3.66. The van der Waals surface area contributed by atoms with Crippen LogP contribution < -0.4 is 0 Å². The summed E-state index contributed by atoms with van der Waals surface area (Å²) in [5, 5.41) is 12.0. The first-order chi connectivity index (χ1) is 15.2. The van der Waals surface area contributed by atoms with Crippen molar-refractivity contribution in [2.75, 3.05) is 0 Å². The quantitative estimate of drug-likeness (QED) is 0.246. The summed E-state index contributed by atoms with van der Waals surface area (Å²) < 4.78 is 0. The first-order valence-electron chi connectivity index (χ1n) is 9.86. The number of carboxylic acids is 1. The average molecular weight is 594 g/mol. The van der Waals surface area contributed by atoms with Crippen LogP contribution in [-0.2, 0) is 20.1 Å². The Labute approximate surface area is 198 Å². The van der Waals surface area contributed by atoms with Crippen molar-refractivity contribution in [2.45, 2.75) is 0 Å². The second-order valence-electron chi connectivity index (χ2n) is 7.17. The summed E-state index contributed by atoms with van der Waals surface area (Å²) in [6, 6.07) is 29.1. The van der Waals surface area contributed by atoms with E-state index in [9.17, 15) is 4.79 Å². The maximum atomic E-state index is 10.1. The van der Waals surface area contributed by atoms with Gasteiger partial charge in [0.25, 0.3) is 0 Å². The average Bonchev–Trinajstić information content (AvgIpc) is 3.24. The molecule has 0 fully saturated rings. The van der Waals surface area contributed by atoms with Gasteiger partial charge in [0.2, 0.25) is 0 Å². The summed E-state index contributed by atoms with van der Waals surface area (Å²) in [6.45, 7) is 0. The number of carboxylic acid groups (broad SMARTS) is 1. The molecule has 157 valence electrons. The molecule has 2 heterocycles. The maximum Gasteiger partial charge on any atom is 0.354 e. The van der Waals surface area contributed by atoms with Gasteiger partial charge in [-0.1, -0.05) is 66.1 Å². The van der Waals surface area contributed by atoms with Gasteiger partial charge in [0.15, 0.2) is 0 Å². The smallest absolute Gasteiger partial charge is 0.354 e. The third-order valence-electron chi connectivity index (χ3n) is 5.18. The predicted molar refractivity (Wildman–Crippen MR) is 124 cm³/mol. The van der Waals surface area contributed by atoms with Crippen LogP contribution in [0.5, 0.6) is 0 Å². The maximum absolute atomic E-state index is 10.1. The molecular formula is C27H17IrN2O2-. The topological polar surface area (TPSA) is 63.1 Å². The molecule has 1 aliphatic carbocycles. The number of benzene rings is 3. The Balaban J connectivity index is 0.000000209. The fourth-order valence-corrected chi connectivity index (χ4v) is 3.70. The van der Waals surface area contributed by atoms with Crippen molar-refractivity contribution in [3.63, 3.8) is 0 Å². The first kappa shape index (κ1) is 21.6. The van der Waals surface area contributed by atoms with Crippen molar-refractivity contribution in [3.8, 4) is 11.3 Å². The van der Waals surface area contributed by atoms with Crippen LogP contribution in [0.4, 0.5) is 0 Å². The number of carbonyl (C=O) groups is 1. The molecule has 5 aromatic rings. The van der Waals surface area contributed by atoms with E-state index in [4.69, 9.17) is 10.1 Å². The fraction of sp³-hybridized carbons (Fsp3) is 0. The molecule has 4 nitrogen and oxygen atoms in total. The monoisotopic (exact) mass is 594 g/mol. The third kappa shape index (κ3) is 4.22. The molecule has 0 aliphatic heterocycles. The van der Waals surface area contributed by atoms with E-state index in [1.54, 1.807) is 12.1 Å².